The van der Waals surface area contributed by atoms with Gasteiger partial charge in [-0.3, -0.25) is 0 Å². The van der Waals surface area contributed by atoms with Crippen molar-refractivity contribution in [1.29, 1.82) is 0 Å². The van der Waals surface area contributed by atoms with Crippen molar-refractivity contribution in [3.8, 4) is 0 Å². The number of rotatable bonds is 2. The van der Waals surface area contributed by atoms with Crippen LogP contribution in [0.5, 0.6) is 0 Å². The summed E-state index contributed by atoms with van der Waals surface area (Å²) in [5.41, 5.74) is 3.78. The van der Waals surface area contributed by atoms with Gasteiger partial charge in [0.15, 0.2) is 0 Å². The lowest BCUT2D eigenvalue weighted by Crippen LogP contribution is -2.01. The molecule has 1 nitrogen and oxygen atoms in total. The molecular weight excluding hydrogens is 196 g/mol. The van der Waals surface area contributed by atoms with E-state index in [4.69, 9.17) is 0 Å². The van der Waals surface area contributed by atoms with Crippen LogP contribution in [0.15, 0.2) is 30.3 Å². The number of aliphatic hydroxyl groups is 1. The van der Waals surface area contributed by atoms with E-state index in [2.05, 4.69) is 25.1 Å². The average molecular weight is 216 g/mol. The van der Waals surface area contributed by atoms with Gasteiger partial charge in [0.05, 0.1) is 6.10 Å². The van der Waals surface area contributed by atoms with E-state index in [1.165, 1.54) is 30.4 Å². The standard InChI is InChI=1S/C15H20O/c1-11-3-5-14(6-4-11)15-9-7-13(8-10-15)12(2)16/h5,7-12,16H,3-4,6H2,1-2H3. The van der Waals surface area contributed by atoms with Gasteiger partial charge in [0.1, 0.15) is 0 Å². The van der Waals surface area contributed by atoms with Crippen LogP contribution in [0.3, 0.4) is 0 Å². The number of aliphatic hydroxyl groups excluding tert-OH is 1. The second-order valence-corrected chi connectivity index (χ2v) is 4.91. The predicted molar refractivity (Wildman–Crippen MR) is 68.1 cm³/mol. The van der Waals surface area contributed by atoms with Crippen LogP contribution < -0.4 is 0 Å². The first-order valence-electron chi connectivity index (χ1n) is 6.14. The third kappa shape index (κ3) is 2.53. The Morgan fingerprint density at radius 1 is 1.25 bits per heavy atom. The number of benzene rings is 1. The Kier molecular flexibility index (Phi) is 3.45. The average Bonchev–Trinajstić information content (AvgIpc) is 2.30. The van der Waals surface area contributed by atoms with Gasteiger partial charge in [-0.25, -0.2) is 0 Å². The minimum atomic E-state index is -0.366. The molecule has 2 atom stereocenters. The third-order valence-electron chi connectivity index (χ3n) is 3.44. The molecule has 1 aliphatic carbocycles. The molecule has 2 rings (SSSR count). The summed E-state index contributed by atoms with van der Waals surface area (Å²) in [4.78, 5) is 0. The molecule has 0 radical (unpaired) electrons. The molecule has 2 unspecified atom stereocenters. The Labute approximate surface area is 97.8 Å². The summed E-state index contributed by atoms with van der Waals surface area (Å²) in [5, 5.41) is 9.45. The van der Waals surface area contributed by atoms with Gasteiger partial charge in [-0.15, -0.1) is 0 Å². The Morgan fingerprint density at radius 3 is 2.44 bits per heavy atom. The first kappa shape index (κ1) is 11.4. The van der Waals surface area contributed by atoms with Crippen LogP contribution in [0.1, 0.15) is 50.3 Å². The SMILES string of the molecule is CC1CC=C(c2ccc(C(C)O)cc2)CC1. The maximum absolute atomic E-state index is 9.45. The van der Waals surface area contributed by atoms with E-state index in [0.29, 0.717) is 0 Å². The van der Waals surface area contributed by atoms with Gasteiger partial charge >= 0.3 is 0 Å². The fraction of sp³-hybridized carbons (Fsp3) is 0.467. The van der Waals surface area contributed by atoms with E-state index in [1.807, 2.05) is 12.1 Å². The molecule has 1 aromatic rings. The molecule has 0 amide bonds. The fourth-order valence-electron chi connectivity index (χ4n) is 2.20. The van der Waals surface area contributed by atoms with Gasteiger partial charge in [0.25, 0.3) is 0 Å². The lowest BCUT2D eigenvalue weighted by atomic mass is 9.87. The van der Waals surface area contributed by atoms with Gasteiger partial charge in [-0.05, 0) is 48.8 Å². The van der Waals surface area contributed by atoms with Crippen molar-refractivity contribution >= 4 is 5.57 Å². The second-order valence-electron chi connectivity index (χ2n) is 4.91. The molecule has 16 heavy (non-hydrogen) atoms. The van der Waals surface area contributed by atoms with Crippen molar-refractivity contribution in [3.63, 3.8) is 0 Å². The van der Waals surface area contributed by atoms with Crippen molar-refractivity contribution < 1.29 is 5.11 Å². The van der Waals surface area contributed by atoms with Crippen LogP contribution in [0.4, 0.5) is 0 Å². The zero-order valence-corrected chi connectivity index (χ0v) is 10.1. The molecule has 0 saturated heterocycles. The van der Waals surface area contributed by atoms with Crippen LogP contribution in [-0.2, 0) is 0 Å². The number of allylic oxidation sites excluding steroid dienone is 2. The Balaban J connectivity index is 2.16. The molecule has 0 aliphatic heterocycles. The normalized spacial score (nSPS) is 22.7. The van der Waals surface area contributed by atoms with Gasteiger partial charge in [-0.2, -0.15) is 0 Å². The summed E-state index contributed by atoms with van der Waals surface area (Å²) in [6.45, 7) is 4.11. The molecule has 0 spiro atoms. The first-order valence-corrected chi connectivity index (χ1v) is 6.14. The summed E-state index contributed by atoms with van der Waals surface area (Å²) in [6, 6.07) is 8.31. The molecule has 86 valence electrons. The highest BCUT2D eigenvalue weighted by Gasteiger charge is 2.11. The topological polar surface area (TPSA) is 20.2 Å². The molecular formula is C15H20O. The van der Waals surface area contributed by atoms with E-state index in [1.54, 1.807) is 6.92 Å². The zero-order valence-electron chi connectivity index (χ0n) is 10.1. The summed E-state index contributed by atoms with van der Waals surface area (Å²) in [6.07, 6.45) is 5.69. The van der Waals surface area contributed by atoms with Crippen molar-refractivity contribution in [3.05, 3.63) is 41.5 Å². The van der Waals surface area contributed by atoms with Crippen molar-refractivity contribution in [2.75, 3.05) is 0 Å². The predicted octanol–water partition coefficient (Wildman–Crippen LogP) is 3.94. The van der Waals surface area contributed by atoms with E-state index in [-0.39, 0.29) is 6.10 Å². The molecule has 1 aliphatic rings. The van der Waals surface area contributed by atoms with Crippen LogP contribution in [0, 0.1) is 5.92 Å². The third-order valence-corrected chi connectivity index (χ3v) is 3.44. The smallest absolute Gasteiger partial charge is 0.0761 e. The Morgan fingerprint density at radius 2 is 1.94 bits per heavy atom. The second kappa shape index (κ2) is 4.84. The van der Waals surface area contributed by atoms with Gasteiger partial charge in [-0.1, -0.05) is 37.3 Å². The molecule has 1 aromatic carbocycles. The van der Waals surface area contributed by atoms with Crippen LogP contribution in [0.25, 0.3) is 5.57 Å². The molecule has 0 heterocycles. The fourth-order valence-corrected chi connectivity index (χ4v) is 2.20. The molecule has 1 heteroatoms. The van der Waals surface area contributed by atoms with E-state index in [0.717, 1.165) is 11.5 Å². The number of hydrogen-bond acceptors (Lipinski definition) is 1. The van der Waals surface area contributed by atoms with E-state index in [9.17, 15) is 5.11 Å². The summed E-state index contributed by atoms with van der Waals surface area (Å²) in [7, 11) is 0. The van der Waals surface area contributed by atoms with Crippen molar-refractivity contribution in [2.24, 2.45) is 5.92 Å². The monoisotopic (exact) mass is 216 g/mol. The molecule has 0 fully saturated rings. The number of hydrogen-bond donors (Lipinski definition) is 1. The Bertz CT molecular complexity index is 373. The summed E-state index contributed by atoms with van der Waals surface area (Å²) < 4.78 is 0. The van der Waals surface area contributed by atoms with Gasteiger partial charge < -0.3 is 5.11 Å². The quantitative estimate of drug-likeness (QED) is 0.793. The highest BCUT2D eigenvalue weighted by Crippen LogP contribution is 2.30. The molecule has 0 aromatic heterocycles. The molecule has 0 bridgehead atoms. The Hall–Kier alpha value is -1.08. The van der Waals surface area contributed by atoms with Gasteiger partial charge in [0.2, 0.25) is 0 Å². The molecule has 1 N–H and O–H groups in total. The van der Waals surface area contributed by atoms with Gasteiger partial charge in [0, 0.05) is 0 Å². The first-order chi connectivity index (χ1) is 7.66. The summed E-state index contributed by atoms with van der Waals surface area (Å²) >= 11 is 0. The maximum atomic E-state index is 9.45. The lowest BCUT2D eigenvalue weighted by Gasteiger charge is -2.18. The summed E-state index contributed by atoms with van der Waals surface area (Å²) in [5.74, 6) is 0.834. The maximum Gasteiger partial charge on any atom is 0.0761 e. The van der Waals surface area contributed by atoms with Crippen LogP contribution in [-0.4, -0.2) is 5.11 Å². The lowest BCUT2D eigenvalue weighted by molar-refractivity contribution is 0.199. The van der Waals surface area contributed by atoms with E-state index < -0.39 is 0 Å². The molecule has 0 saturated carbocycles. The van der Waals surface area contributed by atoms with Crippen molar-refractivity contribution in [1.82, 2.24) is 0 Å². The zero-order chi connectivity index (χ0) is 11.5. The van der Waals surface area contributed by atoms with Crippen molar-refractivity contribution in [2.45, 2.75) is 39.2 Å². The minimum Gasteiger partial charge on any atom is -0.389 e. The van der Waals surface area contributed by atoms with Crippen LogP contribution >= 0.6 is 0 Å². The minimum absolute atomic E-state index is 0.366. The highest BCUT2D eigenvalue weighted by atomic mass is 16.3. The van der Waals surface area contributed by atoms with Crippen LogP contribution in [0.2, 0.25) is 0 Å². The largest absolute Gasteiger partial charge is 0.389 e. The van der Waals surface area contributed by atoms with E-state index >= 15 is 0 Å². The highest BCUT2D eigenvalue weighted by molar-refractivity contribution is 5.66.